The Balaban J connectivity index is 1.59. The molecule has 0 aromatic heterocycles. The van der Waals surface area contributed by atoms with Gasteiger partial charge < -0.3 is 16.8 Å². The smallest absolute Gasteiger partial charge is 0.332 e. The number of benzene rings is 3. The number of nitrogens with one attached hydrogen (secondary N) is 1. The van der Waals surface area contributed by atoms with Crippen molar-refractivity contribution in [2.24, 2.45) is 21.5 Å². The Kier molecular flexibility index (Phi) is 7.23. The van der Waals surface area contributed by atoms with E-state index in [0.29, 0.717) is 12.1 Å². The monoisotopic (exact) mass is 536 g/mol. The Hall–Kier alpha value is -4.25. The van der Waals surface area contributed by atoms with Crippen molar-refractivity contribution < 1.29 is 17.1 Å². The molecule has 0 bridgehead atoms. The fourth-order valence-corrected chi connectivity index (χ4v) is 4.98. The Labute approximate surface area is 221 Å². The first kappa shape index (κ1) is 26.8. The molecule has 0 aliphatic carbocycles. The minimum Gasteiger partial charge on any atom is -0.369 e. The first-order chi connectivity index (χ1) is 17.8. The predicted octanol–water partition coefficient (Wildman–Crippen LogP) is 3.80. The molecule has 1 heterocycles. The van der Waals surface area contributed by atoms with E-state index in [1.165, 1.54) is 12.1 Å². The first-order valence-electron chi connectivity index (χ1n) is 11.8. The Bertz CT molecular complexity index is 1520. The number of nitrogens with zero attached hydrogens (tertiary/aromatic N) is 3. The number of hydrogen-bond donors (Lipinski definition) is 3. The molecular formula is C27H29FN6O3S. The fourth-order valence-electron chi connectivity index (χ4n) is 4.52. The van der Waals surface area contributed by atoms with Crippen LogP contribution in [-0.4, -0.2) is 31.9 Å². The maximum atomic E-state index is 13.5. The van der Waals surface area contributed by atoms with Gasteiger partial charge >= 0.3 is 10.2 Å². The molecule has 1 atom stereocenters. The van der Waals surface area contributed by atoms with Crippen LogP contribution in [0.3, 0.4) is 0 Å². The van der Waals surface area contributed by atoms with E-state index in [2.05, 4.69) is 15.3 Å². The lowest BCUT2D eigenvalue weighted by atomic mass is 9.88. The number of aryl methyl sites for hydroxylation is 1. The molecule has 38 heavy (non-hydrogen) atoms. The van der Waals surface area contributed by atoms with Crippen molar-refractivity contribution in [3.8, 4) is 0 Å². The highest BCUT2D eigenvalue weighted by molar-refractivity contribution is 7.86. The second-order valence-electron chi connectivity index (χ2n) is 9.50. The average molecular weight is 537 g/mol. The van der Waals surface area contributed by atoms with Crippen molar-refractivity contribution in [3.05, 3.63) is 89.5 Å². The van der Waals surface area contributed by atoms with Crippen LogP contribution >= 0.6 is 0 Å². The number of anilines is 2. The quantitative estimate of drug-likeness (QED) is 0.392. The van der Waals surface area contributed by atoms with Crippen LogP contribution in [0, 0.1) is 6.92 Å². The maximum Gasteiger partial charge on any atom is 0.332 e. The number of nitrogens with two attached hydrogens (primary N) is 2. The molecule has 3 aromatic rings. The van der Waals surface area contributed by atoms with Gasteiger partial charge in [0.05, 0.1) is 10.8 Å². The van der Waals surface area contributed by atoms with E-state index in [4.69, 9.17) is 11.5 Å². The van der Waals surface area contributed by atoms with Gasteiger partial charge in [-0.1, -0.05) is 36.4 Å². The summed E-state index contributed by atoms with van der Waals surface area (Å²) in [6.07, 6.45) is 0.395. The van der Waals surface area contributed by atoms with Crippen LogP contribution in [0.15, 0.2) is 87.7 Å². The number of guanidine groups is 2. The highest BCUT2D eigenvalue weighted by Crippen LogP contribution is 2.30. The van der Waals surface area contributed by atoms with Crippen LogP contribution in [0.1, 0.15) is 36.5 Å². The second kappa shape index (κ2) is 10.3. The van der Waals surface area contributed by atoms with Crippen LogP contribution in [0.4, 0.5) is 15.3 Å². The molecule has 0 spiro atoms. The van der Waals surface area contributed by atoms with Crippen LogP contribution in [0.5, 0.6) is 0 Å². The largest absolute Gasteiger partial charge is 0.369 e. The molecule has 0 fully saturated rings. The summed E-state index contributed by atoms with van der Waals surface area (Å²) in [5, 5.41) is 2.83. The van der Waals surface area contributed by atoms with Gasteiger partial charge in [-0.2, -0.15) is 13.4 Å². The minimum absolute atomic E-state index is 0.119. The lowest BCUT2D eigenvalue weighted by Gasteiger charge is -2.38. The van der Waals surface area contributed by atoms with Crippen molar-refractivity contribution in [3.63, 3.8) is 0 Å². The highest BCUT2D eigenvalue weighted by atomic mass is 32.3. The molecule has 0 radical (unpaired) electrons. The number of amides is 1. The maximum absolute atomic E-state index is 13.5. The van der Waals surface area contributed by atoms with Crippen molar-refractivity contribution in [1.82, 2.24) is 0 Å². The van der Waals surface area contributed by atoms with Gasteiger partial charge in [-0.3, -0.25) is 9.69 Å². The summed E-state index contributed by atoms with van der Waals surface area (Å²) >= 11 is 0. The number of aliphatic imine (C=N–C) groups is 2. The molecular weight excluding hydrogens is 507 g/mol. The average Bonchev–Trinajstić information content (AvgIpc) is 2.82. The summed E-state index contributed by atoms with van der Waals surface area (Å²) in [5.41, 5.74) is 15.0. The van der Waals surface area contributed by atoms with Gasteiger partial charge in [0.1, 0.15) is 5.66 Å². The Morgan fingerprint density at radius 1 is 1.03 bits per heavy atom. The van der Waals surface area contributed by atoms with Gasteiger partial charge in [-0.05, 0) is 80.3 Å². The van der Waals surface area contributed by atoms with Crippen molar-refractivity contribution in [1.29, 1.82) is 0 Å². The van der Waals surface area contributed by atoms with Crippen LogP contribution < -0.4 is 21.7 Å². The van der Waals surface area contributed by atoms with Crippen LogP contribution in [-0.2, 0) is 21.4 Å². The van der Waals surface area contributed by atoms with Gasteiger partial charge in [0.15, 0.2) is 0 Å². The fraction of sp³-hybridized carbons (Fsp3) is 0.222. The van der Waals surface area contributed by atoms with E-state index in [9.17, 15) is 17.1 Å². The van der Waals surface area contributed by atoms with E-state index in [1.54, 1.807) is 4.90 Å². The molecule has 1 unspecified atom stereocenters. The van der Waals surface area contributed by atoms with Gasteiger partial charge in [-0.25, -0.2) is 4.99 Å². The van der Waals surface area contributed by atoms with Crippen LogP contribution in [0.2, 0.25) is 0 Å². The summed E-state index contributed by atoms with van der Waals surface area (Å²) < 4.78 is 35.5. The van der Waals surface area contributed by atoms with Gasteiger partial charge in [-0.15, -0.1) is 3.89 Å². The standard InChI is InChI=1S/C27H29FN6O3S/c1-17-6-4-5-7-22(17)23(24(35)31-19-10-14-21(15-11-19)38(28,36)37)16-18-8-12-20(13-9-18)34-26(30)32-25(29)33-27(34,2)3/h4-15,23H,16H2,1-3H3,(H,31,35)(H4,29,30,32,33). The highest BCUT2D eigenvalue weighted by Gasteiger charge is 2.33. The molecule has 11 heteroatoms. The summed E-state index contributed by atoms with van der Waals surface area (Å²) in [5.74, 6) is -0.473. The zero-order chi connectivity index (χ0) is 27.7. The molecule has 0 saturated carbocycles. The number of halogens is 1. The summed E-state index contributed by atoms with van der Waals surface area (Å²) in [6.45, 7) is 5.69. The second-order valence-corrected chi connectivity index (χ2v) is 10.8. The van der Waals surface area contributed by atoms with E-state index in [1.807, 2.05) is 69.3 Å². The number of rotatable bonds is 7. The minimum atomic E-state index is -4.82. The molecule has 9 nitrogen and oxygen atoms in total. The zero-order valence-corrected chi connectivity index (χ0v) is 22.0. The summed E-state index contributed by atoms with van der Waals surface area (Å²) in [7, 11) is -4.82. The van der Waals surface area contributed by atoms with E-state index >= 15 is 0 Å². The lowest BCUT2D eigenvalue weighted by Crippen LogP contribution is -2.54. The first-order valence-corrected chi connectivity index (χ1v) is 13.2. The van der Waals surface area contributed by atoms with Gasteiger partial charge in [0, 0.05) is 11.4 Å². The SMILES string of the molecule is Cc1ccccc1C(Cc1ccc(N2C(N)=NC(N)=NC2(C)C)cc1)C(=O)Nc1ccc(S(=O)(=O)F)cc1. The Morgan fingerprint density at radius 2 is 1.66 bits per heavy atom. The van der Waals surface area contributed by atoms with Gasteiger partial charge in [0.25, 0.3) is 0 Å². The number of hydrogen-bond acceptors (Lipinski definition) is 8. The lowest BCUT2D eigenvalue weighted by molar-refractivity contribution is -0.117. The molecule has 198 valence electrons. The van der Waals surface area contributed by atoms with Crippen molar-refractivity contribution in [2.45, 2.75) is 43.7 Å². The third-order valence-corrected chi connectivity index (χ3v) is 7.15. The normalized spacial score (nSPS) is 15.8. The van der Waals surface area contributed by atoms with E-state index < -0.39 is 26.7 Å². The third-order valence-electron chi connectivity index (χ3n) is 6.31. The summed E-state index contributed by atoms with van der Waals surface area (Å²) in [6, 6.07) is 20.2. The molecule has 1 amide bonds. The number of carbonyl (C=O) groups excluding carboxylic acids is 1. The Morgan fingerprint density at radius 3 is 2.24 bits per heavy atom. The number of carbonyl (C=O) groups is 1. The van der Waals surface area contributed by atoms with Gasteiger partial charge in [0.2, 0.25) is 17.8 Å². The molecule has 5 N–H and O–H groups in total. The molecule has 1 aliphatic rings. The molecule has 1 aliphatic heterocycles. The zero-order valence-electron chi connectivity index (χ0n) is 21.2. The van der Waals surface area contributed by atoms with Crippen LogP contribution in [0.25, 0.3) is 0 Å². The molecule has 0 saturated heterocycles. The van der Waals surface area contributed by atoms with Crippen molar-refractivity contribution >= 4 is 39.4 Å². The van der Waals surface area contributed by atoms with E-state index in [0.717, 1.165) is 34.5 Å². The predicted molar refractivity (Wildman–Crippen MR) is 147 cm³/mol. The van der Waals surface area contributed by atoms with E-state index in [-0.39, 0.29) is 17.8 Å². The molecule has 3 aromatic carbocycles. The summed E-state index contributed by atoms with van der Waals surface area (Å²) in [4.78, 5) is 23.2. The molecule has 4 rings (SSSR count). The topological polar surface area (TPSA) is 143 Å². The third kappa shape index (κ3) is 5.83. The van der Waals surface area contributed by atoms with Crippen molar-refractivity contribution in [2.75, 3.05) is 10.2 Å².